The van der Waals surface area contributed by atoms with E-state index >= 15 is 0 Å². The lowest BCUT2D eigenvalue weighted by atomic mass is 10.3. The Balaban J connectivity index is 2.27. The second kappa shape index (κ2) is 5.83. The van der Waals surface area contributed by atoms with Crippen molar-refractivity contribution in [2.24, 2.45) is 0 Å². The van der Waals surface area contributed by atoms with Gasteiger partial charge in [-0.2, -0.15) is 0 Å². The Morgan fingerprint density at radius 3 is 2.20 bits per heavy atom. The summed E-state index contributed by atoms with van der Waals surface area (Å²) in [6.45, 7) is 6.13. The molecule has 1 heterocycles. The van der Waals surface area contributed by atoms with Crippen LogP contribution in [-0.4, -0.2) is 38.3 Å². The van der Waals surface area contributed by atoms with Crippen LogP contribution in [0, 0.1) is 0 Å². The van der Waals surface area contributed by atoms with Crippen LogP contribution in [0.2, 0.25) is 0 Å². The first-order valence-corrected chi connectivity index (χ1v) is 8.35. The van der Waals surface area contributed by atoms with E-state index in [9.17, 15) is 13.2 Å². The zero-order valence-electron chi connectivity index (χ0n) is 11.9. The van der Waals surface area contributed by atoms with E-state index in [1.807, 2.05) is 0 Å². The Kier molecular flexibility index (Phi) is 4.32. The summed E-state index contributed by atoms with van der Waals surface area (Å²) in [5.41, 5.74) is 0.988. The smallest absolute Gasteiger partial charge is 0.266 e. The van der Waals surface area contributed by atoms with Gasteiger partial charge in [0.2, 0.25) is 5.91 Å². The number of carbonyl (C=O) groups is 1. The molecule has 6 heteroatoms. The summed E-state index contributed by atoms with van der Waals surface area (Å²) >= 11 is 0. The first-order chi connectivity index (χ1) is 9.50. The van der Waals surface area contributed by atoms with Crippen molar-refractivity contribution in [3.63, 3.8) is 0 Å². The van der Waals surface area contributed by atoms with Crippen molar-refractivity contribution >= 4 is 21.6 Å². The van der Waals surface area contributed by atoms with Gasteiger partial charge in [-0.25, -0.2) is 12.7 Å². The van der Waals surface area contributed by atoms with Crippen molar-refractivity contribution in [1.82, 2.24) is 4.31 Å². The number of sulfonamides is 1. The molecule has 0 saturated carbocycles. The molecular weight excluding hydrogens is 276 g/mol. The molecule has 0 atom stereocenters. The second-order valence-electron chi connectivity index (χ2n) is 4.74. The van der Waals surface area contributed by atoms with E-state index in [-0.39, 0.29) is 10.8 Å². The van der Waals surface area contributed by atoms with Crippen molar-refractivity contribution in [3.05, 3.63) is 24.3 Å². The van der Waals surface area contributed by atoms with E-state index in [2.05, 4.69) is 18.7 Å². The van der Waals surface area contributed by atoms with Crippen molar-refractivity contribution in [1.29, 1.82) is 0 Å². The molecule has 5 nitrogen and oxygen atoms in total. The lowest BCUT2D eigenvalue weighted by Crippen LogP contribution is -2.32. The van der Waals surface area contributed by atoms with Gasteiger partial charge in [0.05, 0.1) is 4.90 Å². The fourth-order valence-corrected chi connectivity index (χ4v) is 3.89. The maximum atomic E-state index is 12.4. The first-order valence-electron chi connectivity index (χ1n) is 6.91. The highest BCUT2D eigenvalue weighted by Gasteiger charge is 2.32. The van der Waals surface area contributed by atoms with E-state index in [4.69, 9.17) is 0 Å². The van der Waals surface area contributed by atoms with E-state index in [0.29, 0.717) is 19.4 Å². The molecule has 0 unspecified atom stereocenters. The Morgan fingerprint density at radius 2 is 1.75 bits per heavy atom. The number of hydrogen-bond acceptors (Lipinski definition) is 4. The number of hydrogen-bond donors (Lipinski definition) is 0. The predicted molar refractivity (Wildman–Crippen MR) is 78.1 cm³/mol. The summed E-state index contributed by atoms with van der Waals surface area (Å²) in [5.74, 6) is -0.308. The normalized spacial score (nSPS) is 15.7. The zero-order valence-corrected chi connectivity index (χ0v) is 12.7. The van der Waals surface area contributed by atoms with E-state index in [0.717, 1.165) is 23.1 Å². The standard InChI is InChI=1S/C14H20N2O3S/c1-3-15(4-2)12-7-9-13(10-8-12)20(18,19)16-11-5-6-14(16)17/h7-10H,3-6,11H2,1-2H3. The van der Waals surface area contributed by atoms with Gasteiger partial charge in [0, 0.05) is 31.7 Å². The van der Waals surface area contributed by atoms with Gasteiger partial charge in [0.15, 0.2) is 0 Å². The molecule has 1 saturated heterocycles. The molecule has 0 aliphatic carbocycles. The first kappa shape index (κ1) is 14.8. The van der Waals surface area contributed by atoms with Gasteiger partial charge in [-0.3, -0.25) is 4.79 Å². The summed E-state index contributed by atoms with van der Waals surface area (Å²) in [5, 5.41) is 0. The molecular formula is C14H20N2O3S. The number of amides is 1. The molecule has 0 aromatic heterocycles. The molecule has 0 bridgehead atoms. The number of anilines is 1. The van der Waals surface area contributed by atoms with Crippen molar-refractivity contribution in [3.8, 4) is 0 Å². The molecule has 1 aromatic carbocycles. The molecule has 20 heavy (non-hydrogen) atoms. The van der Waals surface area contributed by atoms with Gasteiger partial charge in [-0.1, -0.05) is 0 Å². The lowest BCUT2D eigenvalue weighted by Gasteiger charge is -2.22. The Morgan fingerprint density at radius 1 is 1.15 bits per heavy atom. The Bertz CT molecular complexity index is 577. The van der Waals surface area contributed by atoms with E-state index in [1.54, 1.807) is 24.3 Å². The highest BCUT2D eigenvalue weighted by atomic mass is 32.2. The fourth-order valence-electron chi connectivity index (χ4n) is 2.42. The average molecular weight is 296 g/mol. The number of benzene rings is 1. The van der Waals surface area contributed by atoms with Gasteiger partial charge >= 0.3 is 0 Å². The summed E-state index contributed by atoms with van der Waals surface area (Å²) in [4.78, 5) is 13.9. The van der Waals surface area contributed by atoms with Gasteiger partial charge < -0.3 is 4.90 Å². The minimum absolute atomic E-state index is 0.184. The highest BCUT2D eigenvalue weighted by molar-refractivity contribution is 7.89. The quantitative estimate of drug-likeness (QED) is 0.832. The van der Waals surface area contributed by atoms with Crippen LogP contribution in [0.1, 0.15) is 26.7 Å². The summed E-state index contributed by atoms with van der Waals surface area (Å²) in [6, 6.07) is 6.74. The number of rotatable bonds is 5. The van der Waals surface area contributed by atoms with Crippen LogP contribution in [0.3, 0.4) is 0 Å². The van der Waals surface area contributed by atoms with Crippen molar-refractivity contribution < 1.29 is 13.2 Å². The van der Waals surface area contributed by atoms with Crippen LogP contribution in [0.25, 0.3) is 0 Å². The summed E-state index contributed by atoms with van der Waals surface area (Å²) in [6.07, 6.45) is 0.923. The largest absolute Gasteiger partial charge is 0.372 e. The monoisotopic (exact) mass is 296 g/mol. The molecule has 110 valence electrons. The van der Waals surface area contributed by atoms with Crippen LogP contribution < -0.4 is 4.90 Å². The zero-order chi connectivity index (χ0) is 14.8. The lowest BCUT2D eigenvalue weighted by molar-refractivity contribution is -0.123. The van der Waals surface area contributed by atoms with Crippen LogP contribution in [0.15, 0.2) is 29.2 Å². The number of carbonyl (C=O) groups excluding carboxylic acids is 1. The minimum Gasteiger partial charge on any atom is -0.372 e. The SMILES string of the molecule is CCN(CC)c1ccc(S(=O)(=O)N2CCCC2=O)cc1. The molecule has 0 N–H and O–H groups in total. The van der Waals surface area contributed by atoms with Crippen molar-refractivity contribution in [2.45, 2.75) is 31.6 Å². The van der Waals surface area contributed by atoms with Crippen LogP contribution in [0.4, 0.5) is 5.69 Å². The Hall–Kier alpha value is -1.56. The third kappa shape index (κ3) is 2.65. The molecule has 1 amide bonds. The topological polar surface area (TPSA) is 57.7 Å². The van der Waals surface area contributed by atoms with E-state index < -0.39 is 10.0 Å². The van der Waals surface area contributed by atoms with Crippen LogP contribution in [0.5, 0.6) is 0 Å². The Labute approximate surface area is 120 Å². The minimum atomic E-state index is -3.68. The molecule has 1 fully saturated rings. The maximum Gasteiger partial charge on any atom is 0.266 e. The third-order valence-corrected chi connectivity index (χ3v) is 5.42. The van der Waals surface area contributed by atoms with Gasteiger partial charge in [0.25, 0.3) is 10.0 Å². The second-order valence-corrected chi connectivity index (χ2v) is 6.60. The maximum absolute atomic E-state index is 12.4. The number of nitrogens with zero attached hydrogens (tertiary/aromatic N) is 2. The molecule has 2 rings (SSSR count). The van der Waals surface area contributed by atoms with Gasteiger partial charge in [0.1, 0.15) is 0 Å². The molecule has 1 aromatic rings. The van der Waals surface area contributed by atoms with Crippen molar-refractivity contribution in [2.75, 3.05) is 24.5 Å². The highest BCUT2D eigenvalue weighted by Crippen LogP contribution is 2.24. The summed E-state index contributed by atoms with van der Waals surface area (Å²) in [7, 11) is -3.68. The molecule has 0 radical (unpaired) electrons. The average Bonchev–Trinajstić information content (AvgIpc) is 2.88. The predicted octanol–water partition coefficient (Wildman–Crippen LogP) is 1.84. The van der Waals surface area contributed by atoms with Crippen LogP contribution in [-0.2, 0) is 14.8 Å². The fraction of sp³-hybridized carbons (Fsp3) is 0.500. The molecule has 1 aliphatic rings. The van der Waals surface area contributed by atoms with Crippen LogP contribution >= 0.6 is 0 Å². The third-order valence-electron chi connectivity index (χ3n) is 3.58. The summed E-state index contributed by atoms with van der Waals surface area (Å²) < 4.78 is 25.7. The van der Waals surface area contributed by atoms with Gasteiger partial charge in [-0.15, -0.1) is 0 Å². The molecule has 0 spiro atoms. The van der Waals surface area contributed by atoms with Gasteiger partial charge in [-0.05, 0) is 44.5 Å². The molecule has 1 aliphatic heterocycles. The van der Waals surface area contributed by atoms with E-state index in [1.165, 1.54) is 0 Å².